The van der Waals surface area contributed by atoms with E-state index in [1.54, 1.807) is 60.9 Å². The molecule has 6 nitrogen and oxygen atoms in total. The zero-order valence-electron chi connectivity index (χ0n) is 17.9. The highest BCUT2D eigenvalue weighted by molar-refractivity contribution is 7.93. The van der Waals surface area contributed by atoms with Crippen molar-refractivity contribution in [2.24, 2.45) is 4.36 Å². The first kappa shape index (κ1) is 21.2. The molecule has 0 radical (unpaired) electrons. The fourth-order valence-electron chi connectivity index (χ4n) is 3.56. The largest absolute Gasteiger partial charge is 0.451 e. The van der Waals surface area contributed by atoms with E-state index in [0.29, 0.717) is 27.2 Å². The molecule has 1 aromatic heterocycles. The number of nitrogens with one attached hydrogen (secondary N) is 1. The van der Waals surface area contributed by atoms with Gasteiger partial charge in [-0.05, 0) is 72.5 Å². The van der Waals surface area contributed by atoms with Crippen LogP contribution >= 0.6 is 0 Å². The number of hydrogen-bond donors (Lipinski definition) is 2. The molecule has 1 aliphatic rings. The van der Waals surface area contributed by atoms with E-state index >= 15 is 0 Å². The summed E-state index contributed by atoms with van der Waals surface area (Å²) in [6.07, 6.45) is 3.60. The summed E-state index contributed by atoms with van der Waals surface area (Å²) in [4.78, 5) is 13.5. The Morgan fingerprint density at radius 2 is 1.79 bits per heavy atom. The van der Waals surface area contributed by atoms with Crippen LogP contribution in [0.5, 0.6) is 0 Å². The smallest absolute Gasteiger partial charge is 0.291 e. The zero-order valence-corrected chi connectivity index (χ0v) is 18.7. The summed E-state index contributed by atoms with van der Waals surface area (Å²) in [7, 11) is -2.49. The fourth-order valence-corrected chi connectivity index (χ4v) is 5.13. The van der Waals surface area contributed by atoms with Gasteiger partial charge < -0.3 is 15.5 Å². The van der Waals surface area contributed by atoms with Gasteiger partial charge in [0.05, 0.1) is 27.1 Å². The topological polar surface area (TPSA) is 97.7 Å². The third kappa shape index (κ3) is 4.47. The van der Waals surface area contributed by atoms with Gasteiger partial charge in [-0.3, -0.25) is 4.79 Å². The first-order valence-corrected chi connectivity index (χ1v) is 12.4. The van der Waals surface area contributed by atoms with Crippen molar-refractivity contribution in [2.45, 2.75) is 23.8 Å². The predicted molar refractivity (Wildman–Crippen MR) is 128 cm³/mol. The van der Waals surface area contributed by atoms with E-state index in [2.05, 4.69) is 9.68 Å². The number of fused-ring (bicyclic) bond motifs is 1. The second kappa shape index (κ2) is 8.04. The Labute approximate surface area is 190 Å². The van der Waals surface area contributed by atoms with Crippen LogP contribution in [0.15, 0.2) is 80.4 Å². The average Bonchev–Trinajstić information content (AvgIpc) is 3.48. The SMILES string of the molecule is CS(=O)(=NC1CC1)c1ccc2oc(C(=O)Nc3cc(-c4ccc(F)cc4)ccc3N)cc2c1. The number of anilines is 2. The minimum absolute atomic E-state index is 0.107. The van der Waals surface area contributed by atoms with E-state index in [-0.39, 0.29) is 17.6 Å². The Morgan fingerprint density at radius 3 is 2.52 bits per heavy atom. The summed E-state index contributed by atoms with van der Waals surface area (Å²) in [6, 6.07) is 18.3. The minimum atomic E-state index is -2.49. The summed E-state index contributed by atoms with van der Waals surface area (Å²) in [6.45, 7) is 0. The summed E-state index contributed by atoms with van der Waals surface area (Å²) < 4.78 is 36.3. The van der Waals surface area contributed by atoms with E-state index < -0.39 is 15.6 Å². The van der Waals surface area contributed by atoms with Crippen molar-refractivity contribution in [2.75, 3.05) is 17.3 Å². The van der Waals surface area contributed by atoms with Crippen LogP contribution in [-0.4, -0.2) is 22.4 Å². The Kier molecular flexibility index (Phi) is 5.17. The summed E-state index contributed by atoms with van der Waals surface area (Å²) in [5, 5.41) is 3.45. The maximum Gasteiger partial charge on any atom is 0.291 e. The van der Waals surface area contributed by atoms with Crippen LogP contribution in [0.1, 0.15) is 23.4 Å². The molecule has 33 heavy (non-hydrogen) atoms. The second-order valence-corrected chi connectivity index (χ2v) is 10.5. The van der Waals surface area contributed by atoms with Gasteiger partial charge in [0.15, 0.2) is 5.76 Å². The summed E-state index contributed by atoms with van der Waals surface area (Å²) in [5.74, 6) is -0.679. The fraction of sp³-hybridized carbons (Fsp3) is 0.160. The Balaban J connectivity index is 1.42. The normalized spacial score (nSPS) is 15.2. The Morgan fingerprint density at radius 1 is 1.06 bits per heavy atom. The summed E-state index contributed by atoms with van der Waals surface area (Å²) >= 11 is 0. The first-order chi connectivity index (χ1) is 15.8. The van der Waals surface area contributed by atoms with Gasteiger partial charge >= 0.3 is 0 Å². The lowest BCUT2D eigenvalue weighted by atomic mass is 10.0. The molecule has 168 valence electrons. The molecule has 1 unspecified atom stereocenters. The molecule has 0 bridgehead atoms. The zero-order chi connectivity index (χ0) is 23.2. The monoisotopic (exact) mass is 463 g/mol. The molecule has 8 heteroatoms. The molecule has 0 saturated heterocycles. The number of benzene rings is 3. The molecule has 1 atom stereocenters. The highest BCUT2D eigenvalue weighted by atomic mass is 32.2. The van der Waals surface area contributed by atoms with E-state index in [1.165, 1.54) is 12.1 Å². The number of hydrogen-bond acceptors (Lipinski definition) is 5. The molecule has 0 spiro atoms. The molecule has 0 aliphatic heterocycles. The van der Waals surface area contributed by atoms with Crippen LogP contribution in [0.3, 0.4) is 0 Å². The van der Waals surface area contributed by atoms with Crippen LogP contribution in [-0.2, 0) is 9.73 Å². The molecule has 1 aliphatic carbocycles. The molecule has 1 heterocycles. The van der Waals surface area contributed by atoms with Crippen LogP contribution < -0.4 is 11.1 Å². The Bertz CT molecular complexity index is 1500. The lowest BCUT2D eigenvalue weighted by molar-refractivity contribution is 0.0998. The number of nitrogen functional groups attached to an aromatic ring is 1. The lowest BCUT2D eigenvalue weighted by Crippen LogP contribution is -2.12. The van der Waals surface area contributed by atoms with Gasteiger partial charge in [-0.15, -0.1) is 0 Å². The van der Waals surface area contributed by atoms with E-state index in [9.17, 15) is 13.4 Å². The highest BCUT2D eigenvalue weighted by Gasteiger charge is 2.23. The van der Waals surface area contributed by atoms with Gasteiger partial charge in [0.2, 0.25) is 0 Å². The Hall–Kier alpha value is -3.65. The number of carbonyl (C=O) groups excluding carboxylic acids is 1. The van der Waals surface area contributed by atoms with Gasteiger partial charge in [-0.2, -0.15) is 0 Å². The molecule has 4 aromatic rings. The van der Waals surface area contributed by atoms with Crippen molar-refractivity contribution in [3.63, 3.8) is 0 Å². The minimum Gasteiger partial charge on any atom is -0.451 e. The van der Waals surface area contributed by atoms with E-state index in [4.69, 9.17) is 10.2 Å². The van der Waals surface area contributed by atoms with Gasteiger partial charge in [0, 0.05) is 16.5 Å². The van der Waals surface area contributed by atoms with Crippen molar-refractivity contribution >= 4 is 38.0 Å². The third-order valence-corrected chi connectivity index (χ3v) is 7.35. The molecule has 1 saturated carbocycles. The van der Waals surface area contributed by atoms with Crippen molar-refractivity contribution in [1.29, 1.82) is 0 Å². The molecular weight excluding hydrogens is 441 g/mol. The first-order valence-electron chi connectivity index (χ1n) is 10.5. The number of rotatable bonds is 5. The standard InChI is InChI=1S/C25H22FN3O3S/c1-33(31,29-19-7-8-19)20-9-11-23-17(12-20)14-24(32-23)25(30)28-22-13-16(4-10-21(22)27)15-2-5-18(26)6-3-15/h2-6,9-14,19H,7-8,27H2,1H3,(H,28,30). The molecule has 3 aromatic carbocycles. The van der Waals surface area contributed by atoms with Crippen LogP contribution in [0.4, 0.5) is 15.8 Å². The predicted octanol–water partition coefficient (Wildman–Crippen LogP) is 5.69. The van der Waals surface area contributed by atoms with Gasteiger partial charge in [0.25, 0.3) is 5.91 Å². The van der Waals surface area contributed by atoms with Gasteiger partial charge in [0.1, 0.15) is 11.4 Å². The quantitative estimate of drug-likeness (QED) is 0.371. The molecule has 5 rings (SSSR count). The van der Waals surface area contributed by atoms with Crippen molar-refractivity contribution in [1.82, 2.24) is 0 Å². The summed E-state index contributed by atoms with van der Waals surface area (Å²) in [5.41, 5.74) is 8.96. The van der Waals surface area contributed by atoms with Gasteiger partial charge in [-0.25, -0.2) is 13.0 Å². The van der Waals surface area contributed by atoms with E-state index in [0.717, 1.165) is 24.0 Å². The second-order valence-electron chi connectivity index (χ2n) is 8.21. The van der Waals surface area contributed by atoms with Crippen molar-refractivity contribution < 1.29 is 17.8 Å². The molecule has 1 amide bonds. The number of amides is 1. The average molecular weight is 464 g/mol. The van der Waals surface area contributed by atoms with Crippen LogP contribution in [0, 0.1) is 5.82 Å². The lowest BCUT2D eigenvalue weighted by Gasteiger charge is -2.10. The van der Waals surface area contributed by atoms with Crippen molar-refractivity contribution in [3.8, 4) is 11.1 Å². The maximum atomic E-state index is 13.2. The van der Waals surface area contributed by atoms with E-state index in [1.807, 2.05) is 0 Å². The maximum absolute atomic E-state index is 13.2. The third-order valence-electron chi connectivity index (χ3n) is 5.53. The number of nitrogens with two attached hydrogens (primary N) is 1. The highest BCUT2D eigenvalue weighted by Crippen LogP contribution is 2.30. The number of nitrogens with zero attached hydrogens (tertiary/aromatic N) is 1. The van der Waals surface area contributed by atoms with Gasteiger partial charge in [-0.1, -0.05) is 18.2 Å². The van der Waals surface area contributed by atoms with Crippen molar-refractivity contribution in [3.05, 3.63) is 78.3 Å². The molecule has 1 fully saturated rings. The number of carbonyl (C=O) groups is 1. The molecular formula is C25H22FN3O3S. The number of furan rings is 1. The van der Waals surface area contributed by atoms with Crippen LogP contribution in [0.2, 0.25) is 0 Å². The molecule has 3 N–H and O–H groups in total. The number of halogens is 1. The van der Waals surface area contributed by atoms with Crippen LogP contribution in [0.25, 0.3) is 22.1 Å².